The van der Waals surface area contributed by atoms with Crippen LogP contribution in [-0.2, 0) is 14.6 Å². The van der Waals surface area contributed by atoms with Crippen molar-refractivity contribution < 1.29 is 23.1 Å². The summed E-state index contributed by atoms with van der Waals surface area (Å²) in [6.07, 6.45) is 4.04. The van der Waals surface area contributed by atoms with Crippen LogP contribution >= 0.6 is 0 Å². The number of carboxylic acids is 1. The van der Waals surface area contributed by atoms with Crippen molar-refractivity contribution in [2.45, 2.75) is 6.42 Å². The molecule has 0 heterocycles. The summed E-state index contributed by atoms with van der Waals surface area (Å²) >= 11 is 0. The molecular formula is C13H16O5S. The van der Waals surface area contributed by atoms with Crippen molar-refractivity contribution in [3.05, 3.63) is 35.9 Å². The summed E-state index contributed by atoms with van der Waals surface area (Å²) < 4.78 is 27.4. The highest BCUT2D eigenvalue weighted by atomic mass is 32.2. The van der Waals surface area contributed by atoms with Crippen LogP contribution in [0, 0.1) is 0 Å². The molecule has 0 atom stereocenters. The third kappa shape index (κ3) is 6.61. The molecule has 0 saturated heterocycles. The van der Waals surface area contributed by atoms with Crippen LogP contribution in [0.2, 0.25) is 0 Å². The van der Waals surface area contributed by atoms with Gasteiger partial charge in [0.15, 0.2) is 0 Å². The van der Waals surface area contributed by atoms with Gasteiger partial charge >= 0.3 is 5.97 Å². The predicted molar refractivity (Wildman–Crippen MR) is 72.9 cm³/mol. The molecule has 104 valence electrons. The summed E-state index contributed by atoms with van der Waals surface area (Å²) in [5.74, 6) is -0.430. The molecule has 1 aromatic carbocycles. The van der Waals surface area contributed by atoms with Crippen LogP contribution in [0.5, 0.6) is 5.75 Å². The lowest BCUT2D eigenvalue weighted by atomic mass is 10.2. The van der Waals surface area contributed by atoms with Crippen LogP contribution in [0.15, 0.2) is 30.3 Å². The Bertz CT molecular complexity index is 560. The van der Waals surface area contributed by atoms with Gasteiger partial charge in [-0.1, -0.05) is 18.2 Å². The van der Waals surface area contributed by atoms with Gasteiger partial charge in [0.25, 0.3) is 0 Å². The van der Waals surface area contributed by atoms with E-state index in [1.165, 1.54) is 12.3 Å². The number of aliphatic carboxylic acids is 1. The maximum atomic E-state index is 11.0. The Kier molecular flexibility index (Phi) is 5.57. The number of carboxylic acid groups (broad SMARTS) is 1. The van der Waals surface area contributed by atoms with E-state index in [9.17, 15) is 13.2 Å². The zero-order valence-electron chi connectivity index (χ0n) is 10.6. The fourth-order valence-corrected chi connectivity index (χ4v) is 2.06. The van der Waals surface area contributed by atoms with Gasteiger partial charge in [-0.25, -0.2) is 13.2 Å². The number of para-hydroxylation sites is 1. The van der Waals surface area contributed by atoms with Gasteiger partial charge in [-0.2, -0.15) is 0 Å². The summed E-state index contributed by atoms with van der Waals surface area (Å²) in [7, 11) is -2.98. The summed E-state index contributed by atoms with van der Waals surface area (Å²) in [5, 5.41) is 8.58. The van der Waals surface area contributed by atoms with E-state index >= 15 is 0 Å². The van der Waals surface area contributed by atoms with Crippen molar-refractivity contribution >= 4 is 21.9 Å². The summed E-state index contributed by atoms with van der Waals surface area (Å²) in [4.78, 5) is 10.5. The van der Waals surface area contributed by atoms with Crippen molar-refractivity contribution in [2.75, 3.05) is 18.6 Å². The van der Waals surface area contributed by atoms with Crippen LogP contribution in [-0.4, -0.2) is 38.1 Å². The lowest BCUT2D eigenvalue weighted by Gasteiger charge is -2.08. The Morgan fingerprint density at radius 3 is 2.68 bits per heavy atom. The molecule has 0 unspecified atom stereocenters. The molecule has 0 aliphatic rings. The number of hydrogen-bond acceptors (Lipinski definition) is 4. The van der Waals surface area contributed by atoms with E-state index in [0.717, 1.165) is 6.08 Å². The Hall–Kier alpha value is -1.82. The van der Waals surface area contributed by atoms with E-state index < -0.39 is 15.8 Å². The smallest absolute Gasteiger partial charge is 0.328 e. The third-order valence-corrected chi connectivity index (χ3v) is 3.27. The van der Waals surface area contributed by atoms with Crippen LogP contribution in [0.3, 0.4) is 0 Å². The second-order valence-electron chi connectivity index (χ2n) is 4.04. The van der Waals surface area contributed by atoms with Crippen molar-refractivity contribution in [1.82, 2.24) is 0 Å². The largest absolute Gasteiger partial charge is 0.493 e. The van der Waals surface area contributed by atoms with E-state index in [0.29, 0.717) is 17.7 Å². The molecule has 0 aliphatic carbocycles. The number of rotatable bonds is 7. The van der Waals surface area contributed by atoms with Crippen molar-refractivity contribution in [1.29, 1.82) is 0 Å². The highest BCUT2D eigenvalue weighted by Gasteiger charge is 2.04. The van der Waals surface area contributed by atoms with Gasteiger partial charge in [-0.05, 0) is 18.6 Å². The first-order chi connectivity index (χ1) is 8.88. The minimum Gasteiger partial charge on any atom is -0.493 e. The van der Waals surface area contributed by atoms with E-state index in [1.54, 1.807) is 24.3 Å². The van der Waals surface area contributed by atoms with E-state index in [4.69, 9.17) is 9.84 Å². The quantitative estimate of drug-likeness (QED) is 0.607. The second-order valence-corrected chi connectivity index (χ2v) is 6.30. The first-order valence-corrected chi connectivity index (χ1v) is 7.75. The fourth-order valence-electron chi connectivity index (χ4n) is 1.41. The first-order valence-electron chi connectivity index (χ1n) is 5.69. The van der Waals surface area contributed by atoms with Gasteiger partial charge in [-0.3, -0.25) is 0 Å². The topological polar surface area (TPSA) is 80.7 Å². The molecule has 0 aromatic heterocycles. The van der Waals surface area contributed by atoms with E-state index in [-0.39, 0.29) is 12.4 Å². The number of ether oxygens (including phenoxy) is 1. The van der Waals surface area contributed by atoms with Gasteiger partial charge in [-0.15, -0.1) is 0 Å². The first kappa shape index (κ1) is 15.2. The van der Waals surface area contributed by atoms with Gasteiger partial charge in [0.1, 0.15) is 15.6 Å². The molecule has 5 nitrogen and oxygen atoms in total. The minimum absolute atomic E-state index is 0.0696. The molecule has 0 fully saturated rings. The molecule has 0 amide bonds. The Balaban J connectivity index is 2.61. The summed E-state index contributed by atoms with van der Waals surface area (Å²) in [6.45, 7) is 0.269. The monoisotopic (exact) mass is 284 g/mol. The predicted octanol–water partition coefficient (Wildman–Crippen LogP) is 1.60. The normalized spacial score (nSPS) is 11.6. The molecule has 1 rings (SSSR count). The van der Waals surface area contributed by atoms with Crippen molar-refractivity contribution in [3.8, 4) is 5.75 Å². The van der Waals surface area contributed by atoms with Crippen LogP contribution in [0.1, 0.15) is 12.0 Å². The third-order valence-electron chi connectivity index (χ3n) is 2.24. The molecular weight excluding hydrogens is 268 g/mol. The fraction of sp³-hybridized carbons (Fsp3) is 0.308. The minimum atomic E-state index is -2.98. The molecule has 0 aliphatic heterocycles. The lowest BCUT2D eigenvalue weighted by molar-refractivity contribution is -0.131. The molecule has 1 N–H and O–H groups in total. The Morgan fingerprint density at radius 1 is 1.37 bits per heavy atom. The number of benzene rings is 1. The van der Waals surface area contributed by atoms with Gasteiger partial charge < -0.3 is 9.84 Å². The Labute approximate surface area is 112 Å². The Morgan fingerprint density at radius 2 is 2.05 bits per heavy atom. The molecule has 19 heavy (non-hydrogen) atoms. The highest BCUT2D eigenvalue weighted by Crippen LogP contribution is 2.19. The maximum Gasteiger partial charge on any atom is 0.328 e. The van der Waals surface area contributed by atoms with Crippen LogP contribution < -0.4 is 4.74 Å². The van der Waals surface area contributed by atoms with Crippen LogP contribution in [0.25, 0.3) is 6.08 Å². The standard InChI is InChI=1S/C13H16O5S/c1-19(16,17)10-4-9-18-12-6-3-2-5-11(12)7-8-13(14)15/h2-3,5-8H,4,9-10H2,1H3,(H,14,15)/b8-7+. The van der Waals surface area contributed by atoms with Gasteiger partial charge in [0.05, 0.1) is 12.4 Å². The average Bonchev–Trinajstić information content (AvgIpc) is 2.32. The number of sulfone groups is 1. The zero-order valence-corrected chi connectivity index (χ0v) is 11.4. The van der Waals surface area contributed by atoms with Gasteiger partial charge in [0, 0.05) is 17.9 Å². The maximum absolute atomic E-state index is 11.0. The SMILES string of the molecule is CS(=O)(=O)CCCOc1ccccc1/C=C/C(=O)O. The molecule has 1 aromatic rings. The number of hydrogen-bond donors (Lipinski definition) is 1. The highest BCUT2D eigenvalue weighted by molar-refractivity contribution is 7.90. The molecule has 0 bridgehead atoms. The number of carbonyl (C=O) groups is 1. The lowest BCUT2D eigenvalue weighted by Crippen LogP contribution is -2.08. The van der Waals surface area contributed by atoms with Crippen molar-refractivity contribution in [3.63, 3.8) is 0 Å². The van der Waals surface area contributed by atoms with Crippen LogP contribution in [0.4, 0.5) is 0 Å². The second kappa shape index (κ2) is 6.94. The van der Waals surface area contributed by atoms with E-state index in [2.05, 4.69) is 0 Å². The average molecular weight is 284 g/mol. The van der Waals surface area contributed by atoms with E-state index in [1.807, 2.05) is 0 Å². The summed E-state index contributed by atoms with van der Waals surface area (Å²) in [6, 6.07) is 6.97. The molecule has 0 spiro atoms. The molecule has 6 heteroatoms. The summed E-state index contributed by atoms with van der Waals surface area (Å²) in [5.41, 5.74) is 0.643. The zero-order chi connectivity index (χ0) is 14.3. The van der Waals surface area contributed by atoms with Gasteiger partial charge in [0.2, 0.25) is 0 Å². The molecule has 0 radical (unpaired) electrons. The molecule has 0 saturated carbocycles. The van der Waals surface area contributed by atoms with Crippen molar-refractivity contribution in [2.24, 2.45) is 0 Å².